The summed E-state index contributed by atoms with van der Waals surface area (Å²) in [5.74, 6) is 0.814. The molecule has 0 N–H and O–H groups in total. The molecule has 0 radical (unpaired) electrons. The Kier molecular flexibility index (Phi) is 3.66. The van der Waals surface area contributed by atoms with Crippen LogP contribution in [0.2, 0.25) is 0 Å². The average Bonchev–Trinajstić information content (AvgIpc) is 3.14. The van der Waals surface area contributed by atoms with Crippen molar-refractivity contribution in [3.05, 3.63) is 39.4 Å². The van der Waals surface area contributed by atoms with Crippen molar-refractivity contribution in [3.63, 3.8) is 0 Å². The maximum Gasteiger partial charge on any atom is 0.272 e. The molecule has 0 spiro atoms. The number of nitrogens with zero attached hydrogens (tertiary/aromatic N) is 2. The van der Waals surface area contributed by atoms with Gasteiger partial charge in [-0.3, -0.25) is 15.0 Å². The molecule has 4 heteroatoms. The number of nitro groups is 1. The summed E-state index contributed by atoms with van der Waals surface area (Å²) < 4.78 is 0. The van der Waals surface area contributed by atoms with Gasteiger partial charge in [0.1, 0.15) is 0 Å². The van der Waals surface area contributed by atoms with Crippen molar-refractivity contribution < 1.29 is 4.92 Å². The summed E-state index contributed by atoms with van der Waals surface area (Å²) >= 11 is 0. The lowest BCUT2D eigenvalue weighted by Gasteiger charge is -2.25. The molecule has 1 atom stereocenters. The van der Waals surface area contributed by atoms with Crippen molar-refractivity contribution in [2.75, 3.05) is 7.05 Å². The fourth-order valence-corrected chi connectivity index (χ4v) is 2.39. The molecule has 2 rings (SSSR count). The molecule has 1 unspecified atom stereocenters. The van der Waals surface area contributed by atoms with Gasteiger partial charge in [-0.1, -0.05) is 12.1 Å². The van der Waals surface area contributed by atoms with E-state index in [0.29, 0.717) is 6.04 Å². The van der Waals surface area contributed by atoms with Crippen LogP contribution < -0.4 is 0 Å². The maximum absolute atomic E-state index is 10.9. The third kappa shape index (κ3) is 2.70. The summed E-state index contributed by atoms with van der Waals surface area (Å²) in [4.78, 5) is 12.9. The molecular weight excluding hydrogens is 228 g/mol. The third-order valence-electron chi connectivity index (χ3n) is 4.03. The molecule has 0 saturated heterocycles. The second kappa shape index (κ2) is 5.06. The molecule has 0 heterocycles. The lowest BCUT2D eigenvalue weighted by Crippen LogP contribution is -2.30. The fourth-order valence-electron chi connectivity index (χ4n) is 2.39. The zero-order valence-corrected chi connectivity index (χ0v) is 11.2. The molecule has 4 nitrogen and oxygen atoms in total. The van der Waals surface area contributed by atoms with Crippen molar-refractivity contribution in [1.82, 2.24) is 4.90 Å². The highest BCUT2D eigenvalue weighted by molar-refractivity contribution is 5.44. The molecule has 0 aliphatic heterocycles. The second-order valence-corrected chi connectivity index (χ2v) is 5.31. The predicted octanol–water partition coefficient (Wildman–Crippen LogP) is 3.13. The number of hydrogen-bond acceptors (Lipinski definition) is 3. The summed E-state index contributed by atoms with van der Waals surface area (Å²) in [6.45, 7) is 4.86. The van der Waals surface area contributed by atoms with Crippen LogP contribution in [-0.4, -0.2) is 22.9 Å². The van der Waals surface area contributed by atoms with Crippen molar-refractivity contribution in [2.24, 2.45) is 5.92 Å². The highest BCUT2D eigenvalue weighted by Gasteiger charge is 2.30. The second-order valence-electron chi connectivity index (χ2n) is 5.31. The van der Waals surface area contributed by atoms with E-state index in [4.69, 9.17) is 0 Å². The molecule has 1 saturated carbocycles. The van der Waals surface area contributed by atoms with Crippen LogP contribution in [0.3, 0.4) is 0 Å². The SMILES string of the molecule is Cc1c(CN(C)C(C)C2CC2)cccc1[N+](=O)[O-]. The van der Waals surface area contributed by atoms with Gasteiger partial charge < -0.3 is 0 Å². The quantitative estimate of drug-likeness (QED) is 0.594. The monoisotopic (exact) mass is 248 g/mol. The Morgan fingerprint density at radius 2 is 2.17 bits per heavy atom. The predicted molar refractivity (Wildman–Crippen MR) is 71.5 cm³/mol. The third-order valence-corrected chi connectivity index (χ3v) is 4.03. The molecular formula is C14H20N2O2. The standard InChI is InChI=1S/C14H20N2O2/c1-10-13(5-4-6-14(10)16(17)18)9-15(3)11(2)12-7-8-12/h4-6,11-12H,7-9H2,1-3H3. The minimum Gasteiger partial charge on any atom is -0.299 e. The summed E-state index contributed by atoms with van der Waals surface area (Å²) in [6.07, 6.45) is 2.64. The Balaban J connectivity index is 2.13. The molecule has 1 aromatic rings. The van der Waals surface area contributed by atoms with Crippen molar-refractivity contribution >= 4 is 5.69 Å². The van der Waals surface area contributed by atoms with Gasteiger partial charge in [0.05, 0.1) is 4.92 Å². The molecule has 0 aromatic heterocycles. The van der Waals surface area contributed by atoms with E-state index < -0.39 is 0 Å². The lowest BCUT2D eigenvalue weighted by molar-refractivity contribution is -0.385. The van der Waals surface area contributed by atoms with Crippen LogP contribution in [0.1, 0.15) is 30.9 Å². The van der Waals surface area contributed by atoms with E-state index in [1.807, 2.05) is 13.0 Å². The van der Waals surface area contributed by atoms with Crippen molar-refractivity contribution in [3.8, 4) is 0 Å². The van der Waals surface area contributed by atoms with E-state index in [1.54, 1.807) is 12.1 Å². The van der Waals surface area contributed by atoms with Gasteiger partial charge in [0.25, 0.3) is 5.69 Å². The van der Waals surface area contributed by atoms with Gasteiger partial charge in [-0.25, -0.2) is 0 Å². The molecule has 1 aliphatic carbocycles. The van der Waals surface area contributed by atoms with E-state index in [-0.39, 0.29) is 10.6 Å². The summed E-state index contributed by atoms with van der Waals surface area (Å²) in [6, 6.07) is 5.89. The smallest absolute Gasteiger partial charge is 0.272 e. The van der Waals surface area contributed by atoms with E-state index in [1.165, 1.54) is 12.8 Å². The van der Waals surface area contributed by atoms with Crippen LogP contribution in [0.25, 0.3) is 0 Å². The largest absolute Gasteiger partial charge is 0.299 e. The van der Waals surface area contributed by atoms with Gasteiger partial charge in [-0.15, -0.1) is 0 Å². The van der Waals surface area contributed by atoms with Gasteiger partial charge in [-0.2, -0.15) is 0 Å². The summed E-state index contributed by atoms with van der Waals surface area (Å²) in [5.41, 5.74) is 2.07. The van der Waals surface area contributed by atoms with Crippen LogP contribution in [0.15, 0.2) is 18.2 Å². The Labute approximate surface area is 108 Å². The van der Waals surface area contributed by atoms with Crippen LogP contribution in [0.5, 0.6) is 0 Å². The summed E-state index contributed by atoms with van der Waals surface area (Å²) in [7, 11) is 2.10. The van der Waals surface area contributed by atoms with Gasteiger partial charge in [-0.05, 0) is 45.2 Å². The van der Waals surface area contributed by atoms with E-state index in [2.05, 4.69) is 18.9 Å². The molecule has 98 valence electrons. The maximum atomic E-state index is 10.9. The highest BCUT2D eigenvalue weighted by Crippen LogP contribution is 2.35. The van der Waals surface area contributed by atoms with Gasteiger partial charge in [0.2, 0.25) is 0 Å². The first kappa shape index (κ1) is 13.0. The highest BCUT2D eigenvalue weighted by atomic mass is 16.6. The Morgan fingerprint density at radius 3 is 2.72 bits per heavy atom. The minimum absolute atomic E-state index is 0.222. The van der Waals surface area contributed by atoms with Crippen LogP contribution >= 0.6 is 0 Å². The lowest BCUT2D eigenvalue weighted by atomic mass is 10.1. The van der Waals surface area contributed by atoms with Gasteiger partial charge in [0, 0.05) is 24.2 Å². The van der Waals surface area contributed by atoms with Crippen LogP contribution in [-0.2, 0) is 6.54 Å². The van der Waals surface area contributed by atoms with Gasteiger partial charge >= 0.3 is 0 Å². The first-order valence-corrected chi connectivity index (χ1v) is 6.44. The topological polar surface area (TPSA) is 46.4 Å². The van der Waals surface area contributed by atoms with Crippen LogP contribution in [0, 0.1) is 23.0 Å². The first-order valence-electron chi connectivity index (χ1n) is 6.44. The molecule has 1 aliphatic rings. The average molecular weight is 248 g/mol. The number of benzene rings is 1. The molecule has 18 heavy (non-hydrogen) atoms. The number of rotatable bonds is 5. The van der Waals surface area contributed by atoms with Crippen molar-refractivity contribution in [2.45, 2.75) is 39.3 Å². The Bertz CT molecular complexity index is 455. The summed E-state index contributed by atoms with van der Waals surface area (Å²) in [5, 5.41) is 10.9. The normalized spacial score (nSPS) is 16.9. The first-order chi connectivity index (χ1) is 8.50. The fraction of sp³-hybridized carbons (Fsp3) is 0.571. The number of hydrogen-bond donors (Lipinski definition) is 0. The van der Waals surface area contributed by atoms with Crippen molar-refractivity contribution in [1.29, 1.82) is 0 Å². The van der Waals surface area contributed by atoms with Gasteiger partial charge in [0.15, 0.2) is 0 Å². The molecule has 1 aromatic carbocycles. The minimum atomic E-state index is -0.302. The Morgan fingerprint density at radius 1 is 1.50 bits per heavy atom. The zero-order valence-electron chi connectivity index (χ0n) is 11.2. The van der Waals surface area contributed by atoms with E-state index in [9.17, 15) is 10.1 Å². The van der Waals surface area contributed by atoms with E-state index >= 15 is 0 Å². The van der Waals surface area contributed by atoms with E-state index in [0.717, 1.165) is 23.6 Å². The molecule has 1 fully saturated rings. The molecule has 0 bridgehead atoms. The number of nitro benzene ring substituents is 1. The zero-order chi connectivity index (χ0) is 13.3. The molecule has 0 amide bonds. The Hall–Kier alpha value is -1.42. The van der Waals surface area contributed by atoms with Crippen LogP contribution in [0.4, 0.5) is 5.69 Å².